The van der Waals surface area contributed by atoms with Gasteiger partial charge in [-0.3, -0.25) is 0 Å². The maximum Gasteiger partial charge on any atom is 0.147 e. The van der Waals surface area contributed by atoms with Crippen molar-refractivity contribution in [3.63, 3.8) is 0 Å². The molecule has 0 spiro atoms. The summed E-state index contributed by atoms with van der Waals surface area (Å²) in [6.45, 7) is 3.15. The first-order valence-corrected chi connectivity index (χ1v) is 9.48. The normalized spacial score (nSPS) is 19.2. The van der Waals surface area contributed by atoms with Crippen molar-refractivity contribution in [2.75, 3.05) is 18.6 Å². The molecule has 0 aromatic heterocycles. The van der Waals surface area contributed by atoms with E-state index in [0.717, 1.165) is 31.7 Å². The van der Waals surface area contributed by atoms with Crippen molar-refractivity contribution >= 4 is 9.84 Å². The highest BCUT2D eigenvalue weighted by molar-refractivity contribution is 7.90. The van der Waals surface area contributed by atoms with E-state index in [1.807, 2.05) is 0 Å². The predicted molar refractivity (Wildman–Crippen MR) is 77.6 cm³/mol. The molecule has 0 heterocycles. The second-order valence-corrected chi connectivity index (χ2v) is 8.06. The van der Waals surface area contributed by atoms with Crippen LogP contribution in [-0.2, 0) is 9.84 Å². The van der Waals surface area contributed by atoms with E-state index in [4.69, 9.17) is 0 Å². The van der Waals surface area contributed by atoms with Crippen LogP contribution in [0.15, 0.2) is 0 Å². The summed E-state index contributed by atoms with van der Waals surface area (Å²) in [5.41, 5.74) is 0. The molecule has 1 fully saturated rings. The quantitative estimate of drug-likeness (QED) is 0.704. The lowest BCUT2D eigenvalue weighted by Gasteiger charge is -2.20. The summed E-state index contributed by atoms with van der Waals surface area (Å²) in [6, 6.07) is 0.389. The maximum atomic E-state index is 11.2. The highest BCUT2D eigenvalue weighted by Gasteiger charge is 2.18. The van der Waals surface area contributed by atoms with Crippen LogP contribution in [0.1, 0.15) is 58.3 Å². The molecular weight excluding hydrogens is 246 g/mol. The van der Waals surface area contributed by atoms with Crippen LogP contribution in [0.4, 0.5) is 0 Å². The molecule has 1 rings (SSSR count). The lowest BCUT2D eigenvalue weighted by atomic mass is 9.97. The molecule has 1 aliphatic carbocycles. The summed E-state index contributed by atoms with van der Waals surface area (Å²) in [5.74, 6) is 1.22. The lowest BCUT2D eigenvalue weighted by molar-refractivity contribution is 0.397. The first kappa shape index (κ1) is 16.0. The maximum absolute atomic E-state index is 11.2. The van der Waals surface area contributed by atoms with Crippen molar-refractivity contribution in [2.45, 2.75) is 64.3 Å². The summed E-state index contributed by atoms with van der Waals surface area (Å²) < 4.78 is 22.5. The molecule has 0 aromatic rings. The van der Waals surface area contributed by atoms with E-state index in [1.54, 1.807) is 0 Å². The molecule has 3 nitrogen and oxygen atoms in total. The smallest absolute Gasteiger partial charge is 0.147 e. The molecule has 108 valence electrons. The van der Waals surface area contributed by atoms with Crippen LogP contribution >= 0.6 is 0 Å². The fraction of sp³-hybridized carbons (Fsp3) is 1.00. The van der Waals surface area contributed by atoms with E-state index in [9.17, 15) is 8.42 Å². The molecule has 1 atom stereocenters. The Labute approximate surface area is 113 Å². The van der Waals surface area contributed by atoms with Crippen molar-refractivity contribution in [1.29, 1.82) is 0 Å². The highest BCUT2D eigenvalue weighted by Crippen LogP contribution is 2.29. The second kappa shape index (κ2) is 8.16. The van der Waals surface area contributed by atoms with Gasteiger partial charge in [0.2, 0.25) is 0 Å². The van der Waals surface area contributed by atoms with E-state index in [-0.39, 0.29) is 0 Å². The van der Waals surface area contributed by atoms with Crippen molar-refractivity contribution in [1.82, 2.24) is 5.32 Å². The Morgan fingerprint density at radius 1 is 1.22 bits per heavy atom. The van der Waals surface area contributed by atoms with Crippen LogP contribution in [0, 0.1) is 5.92 Å². The molecule has 1 saturated carbocycles. The Bertz CT molecular complexity index is 308. The van der Waals surface area contributed by atoms with Gasteiger partial charge in [0, 0.05) is 12.3 Å². The zero-order valence-corrected chi connectivity index (χ0v) is 12.8. The minimum atomic E-state index is -2.82. The van der Waals surface area contributed by atoms with Crippen LogP contribution < -0.4 is 5.32 Å². The van der Waals surface area contributed by atoms with E-state index in [0.29, 0.717) is 11.8 Å². The molecular formula is C14H29NO2S. The summed E-state index contributed by atoms with van der Waals surface area (Å²) in [4.78, 5) is 0. The van der Waals surface area contributed by atoms with Gasteiger partial charge in [-0.25, -0.2) is 8.42 Å². The van der Waals surface area contributed by atoms with Crippen molar-refractivity contribution in [2.24, 2.45) is 5.92 Å². The van der Waals surface area contributed by atoms with E-state index < -0.39 is 9.84 Å². The molecule has 1 aliphatic rings. The summed E-state index contributed by atoms with van der Waals surface area (Å²) in [7, 11) is -2.82. The Balaban J connectivity index is 2.29. The van der Waals surface area contributed by atoms with Gasteiger partial charge >= 0.3 is 0 Å². The lowest BCUT2D eigenvalue weighted by Crippen LogP contribution is -2.32. The Morgan fingerprint density at radius 3 is 2.44 bits per heavy atom. The third kappa shape index (κ3) is 7.37. The largest absolute Gasteiger partial charge is 0.314 e. The van der Waals surface area contributed by atoms with E-state index >= 15 is 0 Å². The van der Waals surface area contributed by atoms with Gasteiger partial charge in [0.05, 0.1) is 5.75 Å². The molecule has 1 unspecified atom stereocenters. The van der Waals surface area contributed by atoms with Crippen LogP contribution in [0.25, 0.3) is 0 Å². The zero-order chi connectivity index (χ0) is 13.4. The average molecular weight is 275 g/mol. The Kier molecular flexibility index (Phi) is 7.23. The summed E-state index contributed by atoms with van der Waals surface area (Å²) in [6.07, 6.45) is 11.2. The van der Waals surface area contributed by atoms with Gasteiger partial charge in [-0.15, -0.1) is 0 Å². The van der Waals surface area contributed by atoms with Crippen molar-refractivity contribution < 1.29 is 8.42 Å². The third-order valence-electron chi connectivity index (χ3n) is 3.92. The number of hydrogen-bond acceptors (Lipinski definition) is 3. The van der Waals surface area contributed by atoms with Crippen LogP contribution in [0.3, 0.4) is 0 Å². The van der Waals surface area contributed by atoms with Gasteiger partial charge in [-0.2, -0.15) is 0 Å². The average Bonchev–Trinajstić information content (AvgIpc) is 2.79. The zero-order valence-electron chi connectivity index (χ0n) is 12.0. The number of hydrogen-bond donors (Lipinski definition) is 1. The van der Waals surface area contributed by atoms with Crippen LogP contribution in [0.2, 0.25) is 0 Å². The van der Waals surface area contributed by atoms with Gasteiger partial charge in [0.1, 0.15) is 9.84 Å². The van der Waals surface area contributed by atoms with Gasteiger partial charge in [-0.05, 0) is 38.1 Å². The standard InChI is InChI=1S/C14H29NO2S/c1-3-11-15-14(10-12-18(2,16)17)9-8-13-6-4-5-7-13/h13-15H,3-12H2,1-2H3. The number of sulfone groups is 1. The predicted octanol–water partition coefficient (Wildman–Crippen LogP) is 2.76. The van der Waals surface area contributed by atoms with Crippen LogP contribution in [-0.4, -0.2) is 33.0 Å². The van der Waals surface area contributed by atoms with E-state index in [2.05, 4.69) is 12.2 Å². The topological polar surface area (TPSA) is 46.2 Å². The third-order valence-corrected chi connectivity index (χ3v) is 4.90. The van der Waals surface area contributed by atoms with Crippen LogP contribution in [0.5, 0.6) is 0 Å². The first-order valence-electron chi connectivity index (χ1n) is 7.42. The first-order chi connectivity index (χ1) is 8.51. The summed E-state index contributed by atoms with van der Waals surface area (Å²) in [5, 5.41) is 3.50. The van der Waals surface area contributed by atoms with Gasteiger partial charge in [0.25, 0.3) is 0 Å². The van der Waals surface area contributed by atoms with Crippen molar-refractivity contribution in [3.05, 3.63) is 0 Å². The molecule has 0 radical (unpaired) electrons. The molecule has 0 aromatic carbocycles. The minimum absolute atomic E-state index is 0.318. The molecule has 18 heavy (non-hydrogen) atoms. The van der Waals surface area contributed by atoms with Gasteiger partial charge < -0.3 is 5.32 Å². The molecule has 0 amide bonds. The molecule has 1 N–H and O–H groups in total. The molecule has 0 aliphatic heterocycles. The SMILES string of the molecule is CCCNC(CCC1CCCC1)CCS(C)(=O)=O. The molecule has 0 bridgehead atoms. The Morgan fingerprint density at radius 2 is 1.89 bits per heavy atom. The second-order valence-electron chi connectivity index (χ2n) is 5.80. The van der Waals surface area contributed by atoms with E-state index in [1.165, 1.54) is 38.4 Å². The fourth-order valence-corrected chi connectivity index (χ4v) is 3.50. The number of rotatable bonds is 9. The Hall–Kier alpha value is -0.0900. The summed E-state index contributed by atoms with van der Waals surface area (Å²) >= 11 is 0. The fourth-order valence-electron chi connectivity index (χ4n) is 2.79. The minimum Gasteiger partial charge on any atom is -0.314 e. The van der Waals surface area contributed by atoms with Gasteiger partial charge in [0.15, 0.2) is 0 Å². The molecule has 4 heteroatoms. The van der Waals surface area contributed by atoms with Gasteiger partial charge in [-0.1, -0.05) is 32.6 Å². The number of nitrogens with one attached hydrogen (secondary N) is 1. The van der Waals surface area contributed by atoms with Crippen molar-refractivity contribution in [3.8, 4) is 0 Å². The molecule has 0 saturated heterocycles. The monoisotopic (exact) mass is 275 g/mol. The highest BCUT2D eigenvalue weighted by atomic mass is 32.2.